The minimum atomic E-state index is -3.80. The van der Waals surface area contributed by atoms with Crippen molar-refractivity contribution in [1.82, 2.24) is 19.5 Å². The van der Waals surface area contributed by atoms with Crippen molar-refractivity contribution in [3.05, 3.63) is 58.8 Å². The van der Waals surface area contributed by atoms with Crippen LogP contribution < -0.4 is 5.32 Å². The van der Waals surface area contributed by atoms with Gasteiger partial charge in [-0.2, -0.15) is 4.31 Å². The van der Waals surface area contributed by atoms with Gasteiger partial charge in [0.15, 0.2) is 0 Å². The Balaban J connectivity index is 1.85. The predicted molar refractivity (Wildman–Crippen MR) is 124 cm³/mol. The highest BCUT2D eigenvalue weighted by Crippen LogP contribution is 2.25. The largest absolute Gasteiger partial charge is 0.349 e. The summed E-state index contributed by atoms with van der Waals surface area (Å²) in [6.07, 6.45) is 1.63. The molecule has 0 saturated carbocycles. The first-order valence-corrected chi connectivity index (χ1v) is 12.6. The monoisotopic (exact) mass is 522 g/mol. The third kappa shape index (κ3) is 5.36. The summed E-state index contributed by atoms with van der Waals surface area (Å²) < 4.78 is 28.5. The second kappa shape index (κ2) is 10.1. The molecule has 1 saturated heterocycles. The van der Waals surface area contributed by atoms with Crippen molar-refractivity contribution in [2.75, 3.05) is 13.1 Å². The van der Waals surface area contributed by atoms with Crippen LogP contribution in [-0.4, -0.2) is 59.6 Å². The maximum absolute atomic E-state index is 13.2. The Morgan fingerprint density at radius 1 is 1.16 bits per heavy atom. The van der Waals surface area contributed by atoms with Gasteiger partial charge in [0.05, 0.1) is 17.1 Å². The average Bonchev–Trinajstić information content (AvgIpc) is 2.78. The summed E-state index contributed by atoms with van der Waals surface area (Å²) in [6, 6.07) is 10.3. The van der Waals surface area contributed by atoms with Gasteiger partial charge in [-0.3, -0.25) is 14.6 Å². The zero-order valence-corrected chi connectivity index (χ0v) is 20.6. The molecule has 8 nitrogen and oxygen atoms in total. The summed E-state index contributed by atoms with van der Waals surface area (Å²) in [6.45, 7) is 5.48. The molecule has 1 fully saturated rings. The molecule has 172 valence electrons. The zero-order chi connectivity index (χ0) is 23.5. The summed E-state index contributed by atoms with van der Waals surface area (Å²) in [5, 5.41) is 2.81. The van der Waals surface area contributed by atoms with Crippen LogP contribution >= 0.6 is 15.9 Å². The smallest absolute Gasteiger partial charge is 0.244 e. The van der Waals surface area contributed by atoms with E-state index in [2.05, 4.69) is 26.2 Å². The van der Waals surface area contributed by atoms with E-state index < -0.39 is 28.0 Å². The minimum Gasteiger partial charge on any atom is -0.349 e. The first-order valence-electron chi connectivity index (χ1n) is 10.4. The van der Waals surface area contributed by atoms with E-state index in [0.29, 0.717) is 5.69 Å². The van der Waals surface area contributed by atoms with Crippen LogP contribution in [0.1, 0.15) is 26.5 Å². The lowest BCUT2D eigenvalue weighted by atomic mass is 10.0. The van der Waals surface area contributed by atoms with Crippen LogP contribution in [0.15, 0.2) is 58.0 Å². The van der Waals surface area contributed by atoms with E-state index in [1.165, 1.54) is 21.3 Å². The fourth-order valence-corrected chi connectivity index (χ4v) is 5.45. The van der Waals surface area contributed by atoms with Gasteiger partial charge in [-0.15, -0.1) is 0 Å². The van der Waals surface area contributed by atoms with Gasteiger partial charge in [0.2, 0.25) is 21.8 Å². The van der Waals surface area contributed by atoms with E-state index in [1.54, 1.807) is 51.2 Å². The lowest BCUT2D eigenvalue weighted by molar-refractivity contribution is -0.148. The Morgan fingerprint density at radius 3 is 2.44 bits per heavy atom. The van der Waals surface area contributed by atoms with Crippen LogP contribution in [0.2, 0.25) is 0 Å². The maximum Gasteiger partial charge on any atom is 0.244 e. The standard InChI is InChI=1S/C22H27BrN4O4S/c1-15(2)22(29)27-16(3)13-26(32(30,31)19-7-5-4-6-8-19)14-20(27)21(28)25-12-18-10-9-17(23)11-24-18/h4-11,15-16,20H,12-14H2,1-3H3,(H,25,28). The number of rotatable bonds is 6. The number of halogens is 1. The maximum atomic E-state index is 13.2. The summed E-state index contributed by atoms with van der Waals surface area (Å²) in [5.74, 6) is -0.919. The molecule has 2 aromatic rings. The number of amides is 2. The third-order valence-corrected chi connectivity index (χ3v) is 7.63. The predicted octanol–water partition coefficient (Wildman–Crippen LogP) is 2.41. The molecule has 0 spiro atoms. The SMILES string of the molecule is CC(C)C(=O)N1C(C)CN(S(=O)(=O)c2ccccc2)CC1C(=O)NCc1ccc(Br)cn1. The van der Waals surface area contributed by atoms with Gasteiger partial charge >= 0.3 is 0 Å². The quantitative estimate of drug-likeness (QED) is 0.627. The van der Waals surface area contributed by atoms with Gasteiger partial charge in [0.1, 0.15) is 6.04 Å². The second-order valence-corrected chi connectivity index (χ2v) is 10.9. The molecule has 1 aliphatic heterocycles. The fraction of sp³-hybridized carbons (Fsp3) is 0.409. The number of nitrogens with one attached hydrogen (secondary N) is 1. The molecule has 1 aliphatic rings. The number of benzene rings is 1. The number of aromatic nitrogens is 1. The number of nitrogens with zero attached hydrogens (tertiary/aromatic N) is 3. The number of sulfonamides is 1. The van der Waals surface area contributed by atoms with Crippen molar-refractivity contribution in [1.29, 1.82) is 0 Å². The van der Waals surface area contributed by atoms with E-state index in [9.17, 15) is 18.0 Å². The molecule has 2 amide bonds. The summed E-state index contributed by atoms with van der Waals surface area (Å²) >= 11 is 3.32. The van der Waals surface area contributed by atoms with Crippen LogP contribution in [0.3, 0.4) is 0 Å². The molecule has 2 unspecified atom stereocenters. The van der Waals surface area contributed by atoms with Crippen molar-refractivity contribution >= 4 is 37.8 Å². The fourth-order valence-electron chi connectivity index (χ4n) is 3.67. The highest BCUT2D eigenvalue weighted by Gasteiger charge is 2.43. The number of carbonyl (C=O) groups excluding carboxylic acids is 2. The van der Waals surface area contributed by atoms with Crippen LogP contribution in [0.25, 0.3) is 0 Å². The lowest BCUT2D eigenvalue weighted by Gasteiger charge is -2.44. The number of hydrogen-bond donors (Lipinski definition) is 1. The zero-order valence-electron chi connectivity index (χ0n) is 18.2. The summed E-state index contributed by atoms with van der Waals surface area (Å²) in [4.78, 5) is 32.0. The Hall–Kier alpha value is -2.30. The van der Waals surface area contributed by atoms with E-state index in [1.807, 2.05) is 6.07 Å². The normalized spacial score (nSPS) is 19.7. The number of pyridine rings is 1. The van der Waals surface area contributed by atoms with Gasteiger partial charge in [-0.05, 0) is 47.1 Å². The Labute approximate surface area is 197 Å². The summed E-state index contributed by atoms with van der Waals surface area (Å²) in [5.41, 5.74) is 0.654. The first-order chi connectivity index (χ1) is 15.1. The van der Waals surface area contributed by atoms with Gasteiger partial charge in [-0.25, -0.2) is 8.42 Å². The van der Waals surface area contributed by atoms with Crippen molar-refractivity contribution < 1.29 is 18.0 Å². The van der Waals surface area contributed by atoms with Gasteiger partial charge < -0.3 is 10.2 Å². The van der Waals surface area contributed by atoms with Crippen LogP contribution in [0.5, 0.6) is 0 Å². The molecule has 0 aliphatic carbocycles. The molecule has 2 atom stereocenters. The van der Waals surface area contributed by atoms with Crippen molar-refractivity contribution in [3.8, 4) is 0 Å². The van der Waals surface area contributed by atoms with Gasteiger partial charge in [0.25, 0.3) is 0 Å². The molecule has 10 heteroatoms. The van der Waals surface area contributed by atoms with Crippen molar-refractivity contribution in [3.63, 3.8) is 0 Å². The molecule has 3 rings (SSSR count). The Kier molecular flexibility index (Phi) is 7.68. The molecule has 0 bridgehead atoms. The van der Waals surface area contributed by atoms with Crippen LogP contribution in [-0.2, 0) is 26.2 Å². The van der Waals surface area contributed by atoms with E-state index in [-0.39, 0.29) is 36.4 Å². The molecule has 2 heterocycles. The average molecular weight is 523 g/mol. The van der Waals surface area contributed by atoms with Crippen molar-refractivity contribution in [2.24, 2.45) is 5.92 Å². The minimum absolute atomic E-state index is 0.111. The van der Waals surface area contributed by atoms with Crippen LogP contribution in [0.4, 0.5) is 0 Å². The summed E-state index contributed by atoms with van der Waals surface area (Å²) in [7, 11) is -3.80. The molecule has 1 aromatic heterocycles. The number of hydrogen-bond acceptors (Lipinski definition) is 5. The molecular formula is C22H27BrN4O4S. The molecule has 1 aromatic carbocycles. The molecule has 32 heavy (non-hydrogen) atoms. The van der Waals surface area contributed by atoms with E-state index >= 15 is 0 Å². The number of carbonyl (C=O) groups is 2. The highest BCUT2D eigenvalue weighted by atomic mass is 79.9. The third-order valence-electron chi connectivity index (χ3n) is 5.32. The van der Waals surface area contributed by atoms with E-state index in [0.717, 1.165) is 4.47 Å². The lowest BCUT2D eigenvalue weighted by Crippen LogP contribution is -2.65. The van der Waals surface area contributed by atoms with Crippen molar-refractivity contribution in [2.45, 2.75) is 44.3 Å². The van der Waals surface area contributed by atoms with Gasteiger partial charge in [-0.1, -0.05) is 32.0 Å². The second-order valence-electron chi connectivity index (χ2n) is 8.09. The van der Waals surface area contributed by atoms with Gasteiger partial charge in [0, 0.05) is 35.7 Å². The van der Waals surface area contributed by atoms with E-state index in [4.69, 9.17) is 0 Å². The Bertz CT molecular complexity index is 1060. The molecule has 0 radical (unpaired) electrons. The first kappa shape index (κ1) is 24.3. The number of piperazine rings is 1. The molecular weight excluding hydrogens is 496 g/mol. The Morgan fingerprint density at radius 2 is 1.84 bits per heavy atom. The van der Waals surface area contributed by atoms with Crippen LogP contribution in [0, 0.1) is 5.92 Å². The highest BCUT2D eigenvalue weighted by molar-refractivity contribution is 9.10. The molecule has 1 N–H and O–H groups in total. The topological polar surface area (TPSA) is 99.7 Å².